The average Bonchev–Trinajstić information content (AvgIpc) is 3.28. The van der Waals surface area contributed by atoms with Gasteiger partial charge in [0.05, 0.1) is 0 Å². The van der Waals surface area contributed by atoms with Crippen LogP contribution in [0.15, 0.2) is 24.3 Å². The van der Waals surface area contributed by atoms with E-state index >= 15 is 0 Å². The highest BCUT2D eigenvalue weighted by Gasteiger charge is 2.19. The van der Waals surface area contributed by atoms with E-state index in [1.807, 2.05) is 0 Å². The van der Waals surface area contributed by atoms with Gasteiger partial charge >= 0.3 is 17.9 Å². The van der Waals surface area contributed by atoms with Crippen LogP contribution in [-0.4, -0.2) is 37.2 Å². The van der Waals surface area contributed by atoms with Gasteiger partial charge in [0.2, 0.25) is 0 Å². The first kappa shape index (κ1) is 60.9. The van der Waals surface area contributed by atoms with E-state index in [-0.39, 0.29) is 31.1 Å². The molecule has 0 spiro atoms. The lowest BCUT2D eigenvalue weighted by Gasteiger charge is -2.18. The molecule has 0 radical (unpaired) electrons. The SMILES string of the molecule is CCCCCC/C=C\CCCCCCCC(=O)O[C@H](COC(=O)CCCCCCC/C=C\CCCCCCCC)COC(=O)CCCCCCCCCCCCCCCCCCC. The minimum atomic E-state index is -0.774. The van der Waals surface area contributed by atoms with Gasteiger partial charge in [0.25, 0.3) is 0 Å². The van der Waals surface area contributed by atoms with E-state index in [0.717, 1.165) is 70.6 Å². The van der Waals surface area contributed by atoms with Gasteiger partial charge < -0.3 is 14.2 Å². The lowest BCUT2D eigenvalue weighted by molar-refractivity contribution is -0.167. The highest BCUT2D eigenvalue weighted by Crippen LogP contribution is 2.16. The molecule has 0 heterocycles. The van der Waals surface area contributed by atoms with E-state index < -0.39 is 6.10 Å². The van der Waals surface area contributed by atoms with E-state index in [1.54, 1.807) is 0 Å². The Bertz CT molecular complexity index is 1020. The van der Waals surface area contributed by atoms with Gasteiger partial charge in [-0.3, -0.25) is 14.4 Å². The van der Waals surface area contributed by atoms with Gasteiger partial charge in [-0.2, -0.15) is 0 Å². The minimum Gasteiger partial charge on any atom is -0.462 e. The summed E-state index contributed by atoms with van der Waals surface area (Å²) in [5.41, 5.74) is 0. The molecule has 0 bridgehead atoms. The molecule has 6 nitrogen and oxygen atoms in total. The summed E-state index contributed by atoms with van der Waals surface area (Å²) in [5.74, 6) is -0.874. The Labute approximate surface area is 392 Å². The van der Waals surface area contributed by atoms with Gasteiger partial charge in [-0.05, 0) is 70.6 Å². The average molecular weight is 887 g/mol. The molecular weight excluding hydrogens is 781 g/mol. The third-order valence-electron chi connectivity index (χ3n) is 12.4. The normalized spacial score (nSPS) is 12.1. The highest BCUT2D eigenvalue weighted by molar-refractivity contribution is 5.71. The smallest absolute Gasteiger partial charge is 0.306 e. The van der Waals surface area contributed by atoms with Crippen molar-refractivity contribution in [3.05, 3.63) is 24.3 Å². The molecule has 370 valence electrons. The predicted octanol–water partition coefficient (Wildman–Crippen LogP) is 18.3. The summed E-state index contributed by atoms with van der Waals surface area (Å²) < 4.78 is 16.8. The fraction of sp³-hybridized carbons (Fsp3) is 0.877. The van der Waals surface area contributed by atoms with Crippen LogP contribution in [0.25, 0.3) is 0 Å². The number of unbranched alkanes of at least 4 members (excludes halogenated alkanes) is 36. The quantitative estimate of drug-likeness (QED) is 0.0262. The van der Waals surface area contributed by atoms with Crippen LogP contribution >= 0.6 is 0 Å². The zero-order chi connectivity index (χ0) is 45.8. The molecule has 0 aromatic heterocycles. The molecule has 6 heteroatoms. The van der Waals surface area contributed by atoms with E-state index in [2.05, 4.69) is 45.1 Å². The lowest BCUT2D eigenvalue weighted by atomic mass is 10.0. The highest BCUT2D eigenvalue weighted by atomic mass is 16.6. The summed E-state index contributed by atoms with van der Waals surface area (Å²) >= 11 is 0. The molecule has 63 heavy (non-hydrogen) atoms. The summed E-state index contributed by atoms with van der Waals surface area (Å²) in [6.45, 7) is 6.64. The van der Waals surface area contributed by atoms with E-state index in [1.165, 1.54) is 193 Å². The number of hydrogen-bond acceptors (Lipinski definition) is 6. The largest absolute Gasteiger partial charge is 0.462 e. The van der Waals surface area contributed by atoms with Crippen LogP contribution < -0.4 is 0 Å². The first-order valence-corrected chi connectivity index (χ1v) is 27.8. The second kappa shape index (κ2) is 52.5. The van der Waals surface area contributed by atoms with Crippen LogP contribution in [0.2, 0.25) is 0 Å². The van der Waals surface area contributed by atoms with Crippen molar-refractivity contribution in [1.29, 1.82) is 0 Å². The standard InChI is InChI=1S/C57H106O6/c1-4-7-10-13-16-19-22-25-27-28-30-33-35-38-41-44-47-50-56(59)62-53-54(63-57(60)51-48-45-42-39-36-31-24-21-18-15-12-9-6-3)52-61-55(58)49-46-43-40-37-34-32-29-26-23-20-17-14-11-8-5-2/h21,24,26,29,54H,4-20,22-23,25,27-28,30-53H2,1-3H3/b24-21-,29-26-/t54-/m1/s1. The summed E-state index contributed by atoms with van der Waals surface area (Å²) in [7, 11) is 0. The Morgan fingerprint density at radius 1 is 0.302 bits per heavy atom. The monoisotopic (exact) mass is 887 g/mol. The summed E-state index contributed by atoms with van der Waals surface area (Å²) in [4.78, 5) is 38.0. The Morgan fingerprint density at radius 2 is 0.524 bits per heavy atom. The predicted molar refractivity (Wildman–Crippen MR) is 270 cm³/mol. The van der Waals surface area contributed by atoms with Crippen molar-refractivity contribution in [1.82, 2.24) is 0 Å². The number of hydrogen-bond donors (Lipinski definition) is 0. The maximum atomic E-state index is 12.8. The fourth-order valence-electron chi connectivity index (χ4n) is 8.20. The summed E-state index contributed by atoms with van der Waals surface area (Å²) in [6.07, 6.45) is 60.2. The van der Waals surface area contributed by atoms with Gasteiger partial charge in [-0.1, -0.05) is 238 Å². The van der Waals surface area contributed by atoms with Crippen LogP contribution in [0.3, 0.4) is 0 Å². The molecule has 0 rings (SSSR count). The first-order valence-electron chi connectivity index (χ1n) is 27.8. The number of carbonyl (C=O) groups excluding carboxylic acids is 3. The molecule has 0 aliphatic heterocycles. The molecule has 0 saturated heterocycles. The Kier molecular flexibility index (Phi) is 50.8. The van der Waals surface area contributed by atoms with E-state index in [0.29, 0.717) is 19.3 Å². The second-order valence-electron chi connectivity index (χ2n) is 18.8. The molecule has 0 aliphatic carbocycles. The van der Waals surface area contributed by atoms with Crippen molar-refractivity contribution in [2.75, 3.05) is 13.2 Å². The summed E-state index contributed by atoms with van der Waals surface area (Å²) in [6, 6.07) is 0. The van der Waals surface area contributed by atoms with Gasteiger partial charge in [0, 0.05) is 19.3 Å². The maximum absolute atomic E-state index is 12.8. The van der Waals surface area contributed by atoms with Gasteiger partial charge in [-0.15, -0.1) is 0 Å². The van der Waals surface area contributed by atoms with Crippen LogP contribution in [-0.2, 0) is 28.6 Å². The topological polar surface area (TPSA) is 78.9 Å². The maximum Gasteiger partial charge on any atom is 0.306 e. The molecule has 0 amide bonds. The number of esters is 3. The van der Waals surface area contributed by atoms with Crippen molar-refractivity contribution in [2.45, 2.75) is 309 Å². The molecule has 0 aromatic rings. The molecule has 0 N–H and O–H groups in total. The molecule has 0 aliphatic rings. The molecule has 0 unspecified atom stereocenters. The molecule has 0 saturated carbocycles. The lowest BCUT2D eigenvalue weighted by Crippen LogP contribution is -2.30. The fourth-order valence-corrected chi connectivity index (χ4v) is 8.20. The van der Waals surface area contributed by atoms with Crippen LogP contribution in [0.5, 0.6) is 0 Å². The number of ether oxygens (including phenoxy) is 3. The number of rotatable bonds is 51. The van der Waals surface area contributed by atoms with Gasteiger partial charge in [0.1, 0.15) is 13.2 Å². The van der Waals surface area contributed by atoms with Crippen molar-refractivity contribution in [2.24, 2.45) is 0 Å². The van der Waals surface area contributed by atoms with E-state index in [9.17, 15) is 14.4 Å². The number of carbonyl (C=O) groups is 3. The molecule has 0 fully saturated rings. The molecule has 1 atom stereocenters. The van der Waals surface area contributed by atoms with Crippen LogP contribution in [0.1, 0.15) is 303 Å². The van der Waals surface area contributed by atoms with Crippen molar-refractivity contribution < 1.29 is 28.6 Å². The Balaban J connectivity index is 4.33. The molecule has 0 aromatic carbocycles. The van der Waals surface area contributed by atoms with Gasteiger partial charge in [-0.25, -0.2) is 0 Å². The minimum absolute atomic E-state index is 0.0731. The second-order valence-corrected chi connectivity index (χ2v) is 18.8. The van der Waals surface area contributed by atoms with Crippen LogP contribution in [0.4, 0.5) is 0 Å². The molecular formula is C57H106O6. The van der Waals surface area contributed by atoms with Crippen molar-refractivity contribution >= 4 is 17.9 Å². The third-order valence-corrected chi connectivity index (χ3v) is 12.4. The Hall–Kier alpha value is -2.11. The first-order chi connectivity index (χ1) is 31.0. The number of allylic oxidation sites excluding steroid dienone is 4. The van der Waals surface area contributed by atoms with Crippen molar-refractivity contribution in [3.63, 3.8) is 0 Å². The zero-order valence-corrected chi connectivity index (χ0v) is 42.4. The van der Waals surface area contributed by atoms with Gasteiger partial charge in [0.15, 0.2) is 6.10 Å². The van der Waals surface area contributed by atoms with Crippen molar-refractivity contribution in [3.8, 4) is 0 Å². The Morgan fingerprint density at radius 3 is 0.810 bits per heavy atom. The third kappa shape index (κ3) is 50.7. The van der Waals surface area contributed by atoms with Crippen LogP contribution in [0, 0.1) is 0 Å². The summed E-state index contributed by atoms with van der Waals surface area (Å²) in [5, 5.41) is 0. The van der Waals surface area contributed by atoms with E-state index in [4.69, 9.17) is 14.2 Å². The zero-order valence-electron chi connectivity index (χ0n) is 42.4.